The Morgan fingerprint density at radius 3 is 2.94 bits per heavy atom. The molecule has 18 heavy (non-hydrogen) atoms. The number of anilines is 1. The smallest absolute Gasteiger partial charge is 0.295 e. The molecular formula is C12H15FN2O3. The molecule has 1 aromatic carbocycles. The number of halogens is 1. The van der Waals surface area contributed by atoms with Gasteiger partial charge in [-0.05, 0) is 31.4 Å². The highest BCUT2D eigenvalue weighted by atomic mass is 19.1. The molecule has 2 rings (SSSR count). The molecule has 0 heterocycles. The third-order valence-corrected chi connectivity index (χ3v) is 3.25. The molecule has 0 aromatic heterocycles. The SMILES string of the molecule is COC1CCCC1Nc1ccc(F)cc1[N+](=O)[O-]. The number of rotatable bonds is 4. The van der Waals surface area contributed by atoms with Crippen molar-refractivity contribution in [2.75, 3.05) is 12.4 Å². The molecule has 2 atom stereocenters. The lowest BCUT2D eigenvalue weighted by Crippen LogP contribution is -2.29. The lowest BCUT2D eigenvalue weighted by Gasteiger charge is -2.20. The fourth-order valence-electron chi connectivity index (χ4n) is 2.35. The van der Waals surface area contributed by atoms with Gasteiger partial charge in [-0.15, -0.1) is 0 Å². The molecule has 0 amide bonds. The predicted molar refractivity (Wildman–Crippen MR) is 65.1 cm³/mol. The first-order chi connectivity index (χ1) is 8.61. The molecule has 0 radical (unpaired) electrons. The molecule has 6 heteroatoms. The van der Waals surface area contributed by atoms with E-state index in [0.29, 0.717) is 5.69 Å². The van der Waals surface area contributed by atoms with Crippen LogP contribution in [0.5, 0.6) is 0 Å². The van der Waals surface area contributed by atoms with Crippen LogP contribution in [0, 0.1) is 15.9 Å². The molecule has 98 valence electrons. The zero-order valence-electron chi connectivity index (χ0n) is 10.1. The molecule has 2 unspecified atom stereocenters. The van der Waals surface area contributed by atoms with E-state index < -0.39 is 10.7 Å². The Bertz CT molecular complexity index is 453. The average molecular weight is 254 g/mol. The summed E-state index contributed by atoms with van der Waals surface area (Å²) in [6.07, 6.45) is 2.90. The van der Waals surface area contributed by atoms with Crippen molar-refractivity contribution in [3.05, 3.63) is 34.1 Å². The first-order valence-electron chi connectivity index (χ1n) is 5.85. The molecule has 0 spiro atoms. The van der Waals surface area contributed by atoms with Crippen molar-refractivity contribution in [1.29, 1.82) is 0 Å². The highest BCUT2D eigenvalue weighted by molar-refractivity contribution is 5.62. The summed E-state index contributed by atoms with van der Waals surface area (Å²) in [6, 6.07) is 3.59. The molecule has 1 saturated carbocycles. The molecule has 0 bridgehead atoms. The summed E-state index contributed by atoms with van der Waals surface area (Å²) in [5, 5.41) is 14.0. The van der Waals surface area contributed by atoms with E-state index in [0.717, 1.165) is 25.3 Å². The van der Waals surface area contributed by atoms with Crippen LogP contribution in [0.3, 0.4) is 0 Å². The second kappa shape index (κ2) is 5.30. The first kappa shape index (κ1) is 12.8. The van der Waals surface area contributed by atoms with Crippen LogP contribution in [0.2, 0.25) is 0 Å². The number of nitrogens with zero attached hydrogens (tertiary/aromatic N) is 1. The van der Waals surface area contributed by atoms with Crippen LogP contribution in [-0.4, -0.2) is 24.2 Å². The van der Waals surface area contributed by atoms with Crippen molar-refractivity contribution in [2.45, 2.75) is 31.4 Å². The maximum Gasteiger partial charge on any atom is 0.295 e. The van der Waals surface area contributed by atoms with Gasteiger partial charge in [0.05, 0.1) is 23.1 Å². The van der Waals surface area contributed by atoms with Crippen LogP contribution in [0.25, 0.3) is 0 Å². The van der Waals surface area contributed by atoms with Gasteiger partial charge in [-0.2, -0.15) is 0 Å². The molecule has 1 aliphatic rings. The summed E-state index contributed by atoms with van der Waals surface area (Å²) in [5.74, 6) is -0.609. The predicted octanol–water partition coefficient (Wildman–Crippen LogP) is 2.71. The Balaban J connectivity index is 2.20. The number of nitro groups is 1. The van der Waals surface area contributed by atoms with Crippen LogP contribution >= 0.6 is 0 Å². The third kappa shape index (κ3) is 2.59. The van der Waals surface area contributed by atoms with Crippen molar-refractivity contribution < 1.29 is 14.1 Å². The van der Waals surface area contributed by atoms with Gasteiger partial charge in [-0.1, -0.05) is 0 Å². The van der Waals surface area contributed by atoms with Crippen LogP contribution in [-0.2, 0) is 4.74 Å². The van der Waals surface area contributed by atoms with E-state index in [1.165, 1.54) is 12.1 Å². The number of ether oxygens (including phenoxy) is 1. The Morgan fingerprint density at radius 1 is 1.50 bits per heavy atom. The van der Waals surface area contributed by atoms with E-state index in [-0.39, 0.29) is 17.8 Å². The number of benzene rings is 1. The molecule has 1 N–H and O–H groups in total. The normalized spacial score (nSPS) is 23.0. The van der Waals surface area contributed by atoms with Gasteiger partial charge in [0.25, 0.3) is 5.69 Å². The summed E-state index contributed by atoms with van der Waals surface area (Å²) < 4.78 is 18.3. The Kier molecular flexibility index (Phi) is 3.76. The second-order valence-electron chi connectivity index (χ2n) is 4.37. The van der Waals surface area contributed by atoms with Crippen LogP contribution < -0.4 is 5.32 Å². The number of hydrogen-bond acceptors (Lipinski definition) is 4. The van der Waals surface area contributed by atoms with E-state index in [2.05, 4.69) is 5.32 Å². The molecule has 0 aliphatic heterocycles. The van der Waals surface area contributed by atoms with Gasteiger partial charge in [0.2, 0.25) is 0 Å². The van der Waals surface area contributed by atoms with Gasteiger partial charge in [0.1, 0.15) is 11.5 Å². The lowest BCUT2D eigenvalue weighted by atomic mass is 10.2. The lowest BCUT2D eigenvalue weighted by molar-refractivity contribution is -0.384. The monoisotopic (exact) mass is 254 g/mol. The van der Waals surface area contributed by atoms with E-state index in [9.17, 15) is 14.5 Å². The first-order valence-corrected chi connectivity index (χ1v) is 5.85. The highest BCUT2D eigenvalue weighted by Gasteiger charge is 2.28. The average Bonchev–Trinajstić information content (AvgIpc) is 2.78. The molecule has 1 aliphatic carbocycles. The quantitative estimate of drug-likeness (QED) is 0.662. The largest absolute Gasteiger partial charge is 0.379 e. The number of nitrogens with one attached hydrogen (secondary N) is 1. The van der Waals surface area contributed by atoms with Crippen molar-refractivity contribution in [3.63, 3.8) is 0 Å². The minimum absolute atomic E-state index is 0.0409. The van der Waals surface area contributed by atoms with Gasteiger partial charge in [-0.3, -0.25) is 10.1 Å². The van der Waals surface area contributed by atoms with Crippen LogP contribution in [0.1, 0.15) is 19.3 Å². The Labute approximate surface area is 104 Å². The van der Waals surface area contributed by atoms with Crippen molar-refractivity contribution in [2.24, 2.45) is 0 Å². The molecule has 1 fully saturated rings. The number of methoxy groups -OCH3 is 1. The van der Waals surface area contributed by atoms with E-state index >= 15 is 0 Å². The second-order valence-corrected chi connectivity index (χ2v) is 4.37. The molecule has 1 aromatic rings. The van der Waals surface area contributed by atoms with Crippen LogP contribution in [0.4, 0.5) is 15.8 Å². The Hall–Kier alpha value is -1.69. The van der Waals surface area contributed by atoms with Gasteiger partial charge < -0.3 is 10.1 Å². The van der Waals surface area contributed by atoms with Gasteiger partial charge in [0.15, 0.2) is 0 Å². The highest BCUT2D eigenvalue weighted by Crippen LogP contribution is 2.30. The van der Waals surface area contributed by atoms with Gasteiger partial charge in [0, 0.05) is 7.11 Å². The molecular weight excluding hydrogens is 239 g/mol. The van der Waals surface area contributed by atoms with Crippen LogP contribution in [0.15, 0.2) is 18.2 Å². The summed E-state index contributed by atoms with van der Waals surface area (Å²) >= 11 is 0. The minimum Gasteiger partial charge on any atom is -0.379 e. The van der Waals surface area contributed by atoms with E-state index in [4.69, 9.17) is 4.74 Å². The molecule has 0 saturated heterocycles. The maximum atomic E-state index is 13.0. The maximum absolute atomic E-state index is 13.0. The summed E-state index contributed by atoms with van der Waals surface area (Å²) in [4.78, 5) is 10.3. The fraction of sp³-hybridized carbons (Fsp3) is 0.500. The van der Waals surface area contributed by atoms with Gasteiger partial charge >= 0.3 is 0 Å². The topological polar surface area (TPSA) is 64.4 Å². The number of hydrogen-bond donors (Lipinski definition) is 1. The van der Waals surface area contributed by atoms with Crippen molar-refractivity contribution in [1.82, 2.24) is 0 Å². The fourth-order valence-corrected chi connectivity index (χ4v) is 2.35. The van der Waals surface area contributed by atoms with Gasteiger partial charge in [-0.25, -0.2) is 4.39 Å². The molecule has 5 nitrogen and oxygen atoms in total. The Morgan fingerprint density at radius 2 is 2.28 bits per heavy atom. The zero-order chi connectivity index (χ0) is 13.1. The van der Waals surface area contributed by atoms with E-state index in [1.807, 2.05) is 0 Å². The number of nitro benzene ring substituents is 1. The summed E-state index contributed by atoms with van der Waals surface area (Å²) in [7, 11) is 1.63. The van der Waals surface area contributed by atoms with E-state index in [1.54, 1.807) is 7.11 Å². The summed E-state index contributed by atoms with van der Waals surface area (Å²) in [5.41, 5.74) is 0.104. The van der Waals surface area contributed by atoms with Crippen molar-refractivity contribution in [3.8, 4) is 0 Å². The minimum atomic E-state index is -0.609. The van der Waals surface area contributed by atoms with Crippen molar-refractivity contribution >= 4 is 11.4 Å². The standard InChI is InChI=1S/C12H15FN2O3/c1-18-12-4-2-3-10(12)14-9-6-5-8(13)7-11(9)15(16)17/h5-7,10,12,14H,2-4H2,1H3. The zero-order valence-corrected chi connectivity index (χ0v) is 10.1. The third-order valence-electron chi connectivity index (χ3n) is 3.25. The summed E-state index contributed by atoms with van der Waals surface area (Å²) in [6.45, 7) is 0.